The second-order valence-corrected chi connectivity index (χ2v) is 3.82. The zero-order valence-corrected chi connectivity index (χ0v) is 8.45. The molecule has 72 valence electrons. The second-order valence-electron chi connectivity index (χ2n) is 2.44. The molecule has 0 saturated carbocycles. The summed E-state index contributed by atoms with van der Waals surface area (Å²) in [6.45, 7) is 3.58. The first-order chi connectivity index (χ1) is 6.24. The average molecular weight is 200 g/mol. The van der Waals surface area contributed by atoms with Crippen LogP contribution in [-0.4, -0.2) is 19.9 Å². The van der Waals surface area contributed by atoms with E-state index in [4.69, 9.17) is 4.18 Å². The molecule has 0 bridgehead atoms. The average Bonchev–Trinajstić information content (AvgIpc) is 2.19. The summed E-state index contributed by atoms with van der Waals surface area (Å²) in [6, 6.07) is 1.73. The van der Waals surface area contributed by atoms with Crippen LogP contribution in [0.15, 0.2) is 18.5 Å². The molecule has 0 fully saturated rings. The van der Waals surface area contributed by atoms with Crippen molar-refractivity contribution in [1.82, 2.24) is 9.97 Å². The summed E-state index contributed by atoms with van der Waals surface area (Å²) in [5.41, 5.74) is 0. The molecule has 0 aliphatic rings. The Balaban J connectivity index is 2.59. The van der Waals surface area contributed by atoms with Crippen LogP contribution in [0.1, 0.15) is 25.8 Å². The molecule has 0 radical (unpaired) electrons. The molecule has 1 heterocycles. The van der Waals surface area contributed by atoms with Gasteiger partial charge in [-0.25, -0.2) is 14.2 Å². The number of hydrogen-bond donors (Lipinski definition) is 0. The van der Waals surface area contributed by atoms with E-state index in [9.17, 15) is 4.21 Å². The lowest BCUT2D eigenvalue weighted by Crippen LogP contribution is -2.07. The fraction of sp³-hybridized carbons (Fsp3) is 0.500. The van der Waals surface area contributed by atoms with E-state index in [1.807, 2.05) is 0 Å². The van der Waals surface area contributed by atoms with Crippen LogP contribution in [0.4, 0.5) is 0 Å². The highest BCUT2D eigenvalue weighted by Crippen LogP contribution is 2.12. The molecule has 0 aromatic carbocycles. The highest BCUT2D eigenvalue weighted by molar-refractivity contribution is 7.80. The highest BCUT2D eigenvalue weighted by Gasteiger charge is 2.10. The van der Waals surface area contributed by atoms with Gasteiger partial charge in [0.15, 0.2) is 16.9 Å². The van der Waals surface area contributed by atoms with Crippen LogP contribution >= 0.6 is 0 Å². The first-order valence-electron chi connectivity index (χ1n) is 4.06. The van der Waals surface area contributed by atoms with Crippen LogP contribution in [0, 0.1) is 0 Å². The van der Waals surface area contributed by atoms with Gasteiger partial charge in [-0.2, -0.15) is 0 Å². The first kappa shape index (κ1) is 10.3. The smallest absolute Gasteiger partial charge is 0.158 e. The van der Waals surface area contributed by atoms with Crippen LogP contribution in [0.5, 0.6) is 0 Å². The van der Waals surface area contributed by atoms with Gasteiger partial charge in [0.1, 0.15) is 6.10 Å². The van der Waals surface area contributed by atoms with Crippen LogP contribution in [0.3, 0.4) is 0 Å². The van der Waals surface area contributed by atoms with Crippen molar-refractivity contribution >= 4 is 11.1 Å². The van der Waals surface area contributed by atoms with Gasteiger partial charge in [-0.05, 0) is 13.0 Å². The summed E-state index contributed by atoms with van der Waals surface area (Å²) in [4.78, 5) is 7.99. The Labute approximate surface area is 80.0 Å². The molecule has 0 aliphatic carbocycles. The van der Waals surface area contributed by atoms with E-state index in [1.165, 1.54) is 0 Å². The molecule has 2 unspecified atom stereocenters. The van der Waals surface area contributed by atoms with E-state index in [2.05, 4.69) is 9.97 Å². The number of nitrogens with zero attached hydrogens (tertiary/aromatic N) is 2. The first-order valence-corrected chi connectivity index (χ1v) is 5.31. The molecular weight excluding hydrogens is 188 g/mol. The summed E-state index contributed by atoms with van der Waals surface area (Å²) in [5.74, 6) is 1.04. The van der Waals surface area contributed by atoms with Gasteiger partial charge in [0.2, 0.25) is 0 Å². The van der Waals surface area contributed by atoms with Crippen LogP contribution in [0.25, 0.3) is 0 Å². The minimum atomic E-state index is -1.24. The zero-order valence-electron chi connectivity index (χ0n) is 7.64. The summed E-state index contributed by atoms with van der Waals surface area (Å²) < 4.78 is 16.2. The molecule has 0 spiro atoms. The third kappa shape index (κ3) is 3.20. The molecule has 1 aromatic heterocycles. The molecule has 0 amide bonds. The Morgan fingerprint density at radius 2 is 2.15 bits per heavy atom. The highest BCUT2D eigenvalue weighted by atomic mass is 32.2. The maximum atomic E-state index is 11.0. The van der Waals surface area contributed by atoms with Crippen LogP contribution in [0.2, 0.25) is 0 Å². The normalized spacial score (nSPS) is 15.2. The molecule has 4 nitrogen and oxygen atoms in total. The van der Waals surface area contributed by atoms with Gasteiger partial charge in [-0.1, -0.05) is 6.92 Å². The minimum Gasteiger partial charge on any atom is -0.279 e. The van der Waals surface area contributed by atoms with E-state index in [0.29, 0.717) is 11.6 Å². The van der Waals surface area contributed by atoms with Crippen molar-refractivity contribution in [1.29, 1.82) is 0 Å². The van der Waals surface area contributed by atoms with Gasteiger partial charge < -0.3 is 0 Å². The Kier molecular flexibility index (Phi) is 3.98. The number of aromatic nitrogens is 2. The van der Waals surface area contributed by atoms with Crippen LogP contribution in [-0.2, 0) is 15.3 Å². The quantitative estimate of drug-likeness (QED) is 0.733. The van der Waals surface area contributed by atoms with Gasteiger partial charge in [0.05, 0.1) is 0 Å². The van der Waals surface area contributed by atoms with Gasteiger partial charge in [-0.15, -0.1) is 0 Å². The SMILES string of the molecule is CCS(=O)OC(C)c1ncccn1. The Morgan fingerprint density at radius 3 is 2.69 bits per heavy atom. The molecule has 0 saturated heterocycles. The lowest BCUT2D eigenvalue weighted by Gasteiger charge is -2.08. The second kappa shape index (κ2) is 5.04. The third-order valence-corrected chi connectivity index (χ3v) is 2.41. The Morgan fingerprint density at radius 1 is 1.54 bits per heavy atom. The maximum absolute atomic E-state index is 11.0. The minimum absolute atomic E-state index is 0.318. The summed E-state index contributed by atoms with van der Waals surface area (Å²) >= 11 is -1.24. The molecule has 2 atom stereocenters. The monoisotopic (exact) mass is 200 g/mol. The molecule has 1 rings (SSSR count). The van der Waals surface area contributed by atoms with E-state index in [1.54, 1.807) is 32.3 Å². The summed E-state index contributed by atoms with van der Waals surface area (Å²) in [5, 5.41) is 0. The molecule has 13 heavy (non-hydrogen) atoms. The lowest BCUT2D eigenvalue weighted by molar-refractivity contribution is 0.242. The van der Waals surface area contributed by atoms with Crippen molar-refractivity contribution < 1.29 is 8.39 Å². The van der Waals surface area contributed by atoms with E-state index in [0.717, 1.165) is 0 Å². The van der Waals surface area contributed by atoms with Gasteiger partial charge in [0, 0.05) is 18.1 Å². The van der Waals surface area contributed by atoms with Gasteiger partial charge in [-0.3, -0.25) is 4.18 Å². The molecule has 0 aliphatic heterocycles. The van der Waals surface area contributed by atoms with Gasteiger partial charge in [0.25, 0.3) is 0 Å². The molecule has 1 aromatic rings. The van der Waals surface area contributed by atoms with Crippen molar-refractivity contribution in [2.24, 2.45) is 0 Å². The predicted octanol–water partition coefficient (Wildman–Crippen LogP) is 1.24. The predicted molar refractivity (Wildman–Crippen MR) is 50.2 cm³/mol. The van der Waals surface area contributed by atoms with Crippen molar-refractivity contribution in [3.05, 3.63) is 24.3 Å². The zero-order chi connectivity index (χ0) is 9.68. The molecule has 0 N–H and O–H groups in total. The Hall–Kier alpha value is -0.810. The van der Waals surface area contributed by atoms with E-state index < -0.39 is 11.1 Å². The standard InChI is InChI=1S/C8H12N2O2S/c1-3-13(11)12-7(2)8-9-5-4-6-10-8/h4-7H,3H2,1-2H3. The van der Waals surface area contributed by atoms with E-state index in [-0.39, 0.29) is 6.10 Å². The van der Waals surface area contributed by atoms with Crippen molar-refractivity contribution in [3.63, 3.8) is 0 Å². The fourth-order valence-electron chi connectivity index (χ4n) is 0.793. The lowest BCUT2D eigenvalue weighted by atomic mass is 10.4. The third-order valence-electron chi connectivity index (χ3n) is 1.44. The molecular formula is C8H12N2O2S. The number of rotatable bonds is 4. The molecule has 5 heteroatoms. The topological polar surface area (TPSA) is 52.1 Å². The van der Waals surface area contributed by atoms with Crippen molar-refractivity contribution in [2.45, 2.75) is 20.0 Å². The largest absolute Gasteiger partial charge is 0.279 e. The summed E-state index contributed by atoms with van der Waals surface area (Å²) in [6.07, 6.45) is 2.95. The van der Waals surface area contributed by atoms with Crippen LogP contribution < -0.4 is 0 Å². The van der Waals surface area contributed by atoms with Crippen molar-refractivity contribution in [2.75, 3.05) is 5.75 Å². The Bertz CT molecular complexity index is 279. The fourth-order valence-corrected chi connectivity index (χ4v) is 1.34. The van der Waals surface area contributed by atoms with E-state index >= 15 is 0 Å². The van der Waals surface area contributed by atoms with Crippen molar-refractivity contribution in [3.8, 4) is 0 Å². The summed E-state index contributed by atoms with van der Waals surface area (Å²) in [7, 11) is 0. The van der Waals surface area contributed by atoms with Gasteiger partial charge >= 0.3 is 0 Å². The number of hydrogen-bond acceptors (Lipinski definition) is 4. The maximum Gasteiger partial charge on any atom is 0.158 e.